The lowest BCUT2D eigenvalue weighted by atomic mass is 10.1. The topological polar surface area (TPSA) is 73.2 Å². The number of rotatable bonds is 5. The van der Waals surface area contributed by atoms with Gasteiger partial charge in [0.25, 0.3) is 5.91 Å². The van der Waals surface area contributed by atoms with E-state index in [4.69, 9.17) is 0 Å². The molecular formula is C27H23N3O2S. The van der Waals surface area contributed by atoms with E-state index in [1.165, 1.54) is 16.7 Å². The molecule has 1 fully saturated rings. The van der Waals surface area contributed by atoms with Gasteiger partial charge in [-0.25, -0.2) is 0 Å². The third-order valence-corrected chi connectivity index (χ3v) is 6.60. The van der Waals surface area contributed by atoms with Crippen molar-refractivity contribution in [2.24, 2.45) is 0 Å². The maximum absolute atomic E-state index is 13.5. The number of nitrogens with one attached hydrogen (secondary N) is 1. The molecule has 164 valence electrons. The fourth-order valence-corrected chi connectivity index (χ4v) is 4.99. The molecule has 0 aromatic heterocycles. The third-order valence-electron chi connectivity index (χ3n) is 5.33. The highest BCUT2D eigenvalue weighted by molar-refractivity contribution is 8.05. The number of hydrogen-bond acceptors (Lipinski definition) is 4. The second kappa shape index (κ2) is 9.76. The Kier molecular flexibility index (Phi) is 6.62. The van der Waals surface area contributed by atoms with Crippen molar-refractivity contribution in [3.05, 3.63) is 106 Å². The van der Waals surface area contributed by atoms with Gasteiger partial charge in [-0.05, 0) is 50.1 Å². The van der Waals surface area contributed by atoms with Gasteiger partial charge < -0.3 is 5.32 Å². The molecule has 0 spiro atoms. The quantitative estimate of drug-likeness (QED) is 0.416. The van der Waals surface area contributed by atoms with Gasteiger partial charge in [0.2, 0.25) is 5.91 Å². The zero-order valence-corrected chi connectivity index (χ0v) is 19.2. The number of carbonyl (C=O) groups excluding carboxylic acids is 2. The lowest BCUT2D eigenvalue weighted by molar-refractivity contribution is -0.117. The first-order valence-electron chi connectivity index (χ1n) is 10.6. The molecule has 4 rings (SSSR count). The number of carbonyl (C=O) groups is 2. The normalized spacial score (nSPS) is 16.9. The van der Waals surface area contributed by atoms with Gasteiger partial charge in [-0.15, -0.1) is 0 Å². The summed E-state index contributed by atoms with van der Waals surface area (Å²) in [5.74, 6) is -0.673. The molecule has 1 atom stereocenters. The van der Waals surface area contributed by atoms with Crippen molar-refractivity contribution >= 4 is 35.0 Å². The average Bonchev–Trinajstić information content (AvgIpc) is 3.11. The van der Waals surface area contributed by atoms with Gasteiger partial charge in [0.05, 0.1) is 5.25 Å². The molecule has 3 aromatic carbocycles. The maximum Gasteiger partial charge on any atom is 0.269 e. The molecule has 0 saturated carbocycles. The van der Waals surface area contributed by atoms with Crippen molar-refractivity contribution in [3.8, 4) is 6.07 Å². The number of aryl methyl sites for hydroxylation is 2. The van der Waals surface area contributed by atoms with Crippen molar-refractivity contribution in [2.45, 2.75) is 25.5 Å². The van der Waals surface area contributed by atoms with E-state index in [9.17, 15) is 14.9 Å². The van der Waals surface area contributed by atoms with Crippen LogP contribution in [0.4, 0.5) is 11.4 Å². The standard InChI is InChI=1S/C27H23N3O2S/c1-18-11-13-22(14-12-18)30-26(32)24(16-20-8-6-7-19(2)15-20)33-27(30)23(17-28)25(31)29-21-9-4-3-5-10-21/h3-15,24H,16H2,1-2H3,(H,29,31)/b27-23+/t24-/m0/s1. The van der Waals surface area contributed by atoms with Gasteiger partial charge in [-0.1, -0.05) is 77.5 Å². The van der Waals surface area contributed by atoms with Crippen LogP contribution in [0.1, 0.15) is 16.7 Å². The Labute approximate surface area is 197 Å². The van der Waals surface area contributed by atoms with Gasteiger partial charge >= 0.3 is 0 Å². The smallest absolute Gasteiger partial charge is 0.269 e. The molecule has 3 aromatic rings. The Morgan fingerprint density at radius 2 is 1.73 bits per heavy atom. The minimum Gasteiger partial charge on any atom is -0.321 e. The first-order chi connectivity index (χ1) is 16.0. The minimum atomic E-state index is -0.535. The van der Waals surface area contributed by atoms with Crippen LogP contribution in [-0.2, 0) is 16.0 Å². The Balaban J connectivity index is 1.73. The van der Waals surface area contributed by atoms with Crippen LogP contribution in [0.25, 0.3) is 0 Å². The first-order valence-corrected chi connectivity index (χ1v) is 11.5. The Hall–Kier alpha value is -3.82. The molecule has 33 heavy (non-hydrogen) atoms. The molecule has 1 N–H and O–H groups in total. The molecule has 1 heterocycles. The summed E-state index contributed by atoms with van der Waals surface area (Å²) in [5.41, 5.74) is 4.36. The van der Waals surface area contributed by atoms with Crippen LogP contribution < -0.4 is 10.2 Å². The Morgan fingerprint density at radius 1 is 1.00 bits per heavy atom. The fraction of sp³-hybridized carbons (Fsp3) is 0.148. The van der Waals surface area contributed by atoms with E-state index < -0.39 is 11.2 Å². The molecule has 5 nitrogen and oxygen atoms in total. The average molecular weight is 454 g/mol. The van der Waals surface area contributed by atoms with Crippen LogP contribution in [0.2, 0.25) is 0 Å². The summed E-state index contributed by atoms with van der Waals surface area (Å²) >= 11 is 1.27. The van der Waals surface area contributed by atoms with Gasteiger partial charge in [0.15, 0.2) is 0 Å². The van der Waals surface area contributed by atoms with Crippen molar-refractivity contribution in [3.63, 3.8) is 0 Å². The molecule has 1 saturated heterocycles. The summed E-state index contributed by atoms with van der Waals surface area (Å²) in [6.07, 6.45) is 0.510. The molecule has 2 amide bonds. The summed E-state index contributed by atoms with van der Waals surface area (Å²) in [6.45, 7) is 3.98. The number of benzene rings is 3. The van der Waals surface area contributed by atoms with Crippen LogP contribution in [0.3, 0.4) is 0 Å². The minimum absolute atomic E-state index is 0.0791. The van der Waals surface area contributed by atoms with E-state index in [-0.39, 0.29) is 11.5 Å². The van der Waals surface area contributed by atoms with Crippen LogP contribution >= 0.6 is 11.8 Å². The van der Waals surface area contributed by atoms with Crippen molar-refractivity contribution < 1.29 is 9.59 Å². The van der Waals surface area contributed by atoms with Gasteiger partial charge in [0.1, 0.15) is 16.7 Å². The molecule has 0 bridgehead atoms. The summed E-state index contributed by atoms with van der Waals surface area (Å²) in [4.78, 5) is 28.1. The zero-order valence-electron chi connectivity index (χ0n) is 18.4. The molecular weight excluding hydrogens is 430 g/mol. The van der Waals surface area contributed by atoms with Crippen LogP contribution in [0.5, 0.6) is 0 Å². The molecule has 1 aliphatic heterocycles. The van der Waals surface area contributed by atoms with E-state index in [0.29, 0.717) is 22.8 Å². The monoisotopic (exact) mass is 453 g/mol. The number of nitriles is 1. The molecule has 1 aliphatic rings. The molecule has 6 heteroatoms. The van der Waals surface area contributed by atoms with Crippen LogP contribution in [0.15, 0.2) is 89.5 Å². The van der Waals surface area contributed by atoms with E-state index in [0.717, 1.165) is 16.7 Å². The lowest BCUT2D eigenvalue weighted by Crippen LogP contribution is -2.30. The summed E-state index contributed by atoms with van der Waals surface area (Å²) in [5, 5.41) is 12.6. The second-order valence-electron chi connectivity index (χ2n) is 7.92. The summed E-state index contributed by atoms with van der Waals surface area (Å²) < 4.78 is 0. The highest BCUT2D eigenvalue weighted by Gasteiger charge is 2.40. The number of hydrogen-bond donors (Lipinski definition) is 1. The van der Waals surface area contributed by atoms with Gasteiger partial charge in [0, 0.05) is 11.4 Å². The largest absolute Gasteiger partial charge is 0.321 e. The first kappa shape index (κ1) is 22.4. The van der Waals surface area contributed by atoms with E-state index in [2.05, 4.69) is 11.4 Å². The highest BCUT2D eigenvalue weighted by atomic mass is 32.2. The van der Waals surface area contributed by atoms with Crippen LogP contribution in [-0.4, -0.2) is 17.1 Å². The maximum atomic E-state index is 13.5. The zero-order chi connectivity index (χ0) is 23.4. The molecule has 0 radical (unpaired) electrons. The molecule has 0 unspecified atom stereocenters. The number of nitrogens with zero attached hydrogens (tertiary/aromatic N) is 2. The van der Waals surface area contributed by atoms with E-state index in [1.807, 2.05) is 68.4 Å². The lowest BCUT2D eigenvalue weighted by Gasteiger charge is -2.19. The number of anilines is 2. The predicted octanol–water partition coefficient (Wildman–Crippen LogP) is 5.37. The van der Waals surface area contributed by atoms with E-state index in [1.54, 1.807) is 24.3 Å². The van der Waals surface area contributed by atoms with Crippen molar-refractivity contribution in [2.75, 3.05) is 10.2 Å². The predicted molar refractivity (Wildman–Crippen MR) is 133 cm³/mol. The van der Waals surface area contributed by atoms with E-state index >= 15 is 0 Å². The Bertz CT molecular complexity index is 1260. The number of para-hydroxylation sites is 1. The van der Waals surface area contributed by atoms with Gasteiger partial charge in [-0.3, -0.25) is 14.5 Å². The second-order valence-corrected chi connectivity index (χ2v) is 9.11. The fourth-order valence-electron chi connectivity index (χ4n) is 3.68. The number of amides is 2. The van der Waals surface area contributed by atoms with Gasteiger partial charge in [-0.2, -0.15) is 5.26 Å². The SMILES string of the molecule is Cc1ccc(N2C(=O)[C@H](Cc3cccc(C)c3)S/C2=C(\C#N)C(=O)Nc2ccccc2)cc1. The highest BCUT2D eigenvalue weighted by Crippen LogP contribution is 2.42. The third kappa shape index (κ3) is 5.00. The van der Waals surface area contributed by atoms with Crippen LogP contribution in [0, 0.1) is 25.2 Å². The number of thioether (sulfide) groups is 1. The Morgan fingerprint density at radius 3 is 2.39 bits per heavy atom. The summed E-state index contributed by atoms with van der Waals surface area (Å²) in [7, 11) is 0. The summed E-state index contributed by atoms with van der Waals surface area (Å²) in [6, 6.07) is 26.5. The molecule has 0 aliphatic carbocycles. The van der Waals surface area contributed by atoms with Crippen molar-refractivity contribution in [1.29, 1.82) is 5.26 Å². The van der Waals surface area contributed by atoms with Crippen molar-refractivity contribution in [1.82, 2.24) is 0 Å².